The molecule has 4 aliphatic heterocycles. The van der Waals surface area contributed by atoms with E-state index < -0.39 is 0 Å². The van der Waals surface area contributed by atoms with Crippen LogP contribution in [0.5, 0.6) is 0 Å². The molecule has 4 rings (SSSR count). The van der Waals surface area contributed by atoms with Gasteiger partial charge in [-0.1, -0.05) is 0 Å². The van der Waals surface area contributed by atoms with E-state index in [0.717, 1.165) is 59.8 Å². The normalized spacial score (nSPS) is 25.2. The molecular formula is C12H6Se8. The molecule has 4 aliphatic rings. The average Bonchev–Trinajstić information content (AvgIpc) is 3.22. The zero-order valence-corrected chi connectivity index (χ0v) is 23.4. The van der Waals surface area contributed by atoms with Crippen molar-refractivity contribution in [1.82, 2.24) is 0 Å². The van der Waals surface area contributed by atoms with E-state index in [0.29, 0.717) is 59.8 Å². The van der Waals surface area contributed by atoms with Crippen LogP contribution >= 0.6 is 0 Å². The van der Waals surface area contributed by atoms with Crippen molar-refractivity contribution in [2.24, 2.45) is 0 Å². The first-order chi connectivity index (χ1) is 9.90. The second-order valence-electron chi connectivity index (χ2n) is 3.57. The minimum absolute atomic E-state index is 0.707. The summed E-state index contributed by atoms with van der Waals surface area (Å²) in [5.41, 5.74) is 0. The van der Waals surface area contributed by atoms with Gasteiger partial charge in [0.05, 0.1) is 0 Å². The summed E-state index contributed by atoms with van der Waals surface area (Å²) < 4.78 is 11.2. The van der Waals surface area contributed by atoms with Crippen LogP contribution in [-0.2, 0) is 0 Å². The van der Waals surface area contributed by atoms with Gasteiger partial charge in [0.2, 0.25) is 0 Å². The van der Waals surface area contributed by atoms with Gasteiger partial charge in [0.15, 0.2) is 0 Å². The number of rotatable bonds is 1. The van der Waals surface area contributed by atoms with Gasteiger partial charge in [-0.2, -0.15) is 0 Å². The Bertz CT molecular complexity index is 558. The van der Waals surface area contributed by atoms with E-state index in [1.54, 1.807) is 8.94 Å². The van der Waals surface area contributed by atoms with Crippen molar-refractivity contribution < 1.29 is 0 Å². The van der Waals surface area contributed by atoms with E-state index in [1.165, 1.54) is 0 Å². The molecule has 0 saturated carbocycles. The molecule has 0 aromatic carbocycles. The fourth-order valence-electron chi connectivity index (χ4n) is 1.51. The zero-order valence-electron chi connectivity index (χ0n) is 9.73. The van der Waals surface area contributed by atoms with Crippen LogP contribution in [0.15, 0.2) is 52.3 Å². The molecule has 0 radical (unpaired) electrons. The van der Waals surface area contributed by atoms with Crippen LogP contribution < -0.4 is 0 Å². The Morgan fingerprint density at radius 3 is 1.25 bits per heavy atom. The standard InChI is InChI=1S/C12H6Se8/c1-2-14-9(13-1)11-17-5-7(19-11)8-6-18-12(20-8)10-15-3-4-16-10/h1-6H. The molecule has 20 heavy (non-hydrogen) atoms. The summed E-state index contributed by atoms with van der Waals surface area (Å²) in [4.78, 5) is 15.1. The first-order valence-electron chi connectivity index (χ1n) is 5.45. The zero-order chi connectivity index (χ0) is 13.4. The van der Waals surface area contributed by atoms with Crippen molar-refractivity contribution in [2.75, 3.05) is 0 Å². The molecule has 0 bridgehead atoms. The predicted octanol–water partition coefficient (Wildman–Crippen LogP) is -0.447. The summed E-state index contributed by atoms with van der Waals surface area (Å²) >= 11 is 5.76. The fraction of sp³-hybridized carbons (Fsp3) is 0. The summed E-state index contributed by atoms with van der Waals surface area (Å²) in [6.07, 6.45) is 0. The molecule has 0 aliphatic carbocycles. The van der Waals surface area contributed by atoms with Crippen LogP contribution in [0.25, 0.3) is 0 Å². The molecule has 4 heterocycles. The molecule has 0 fully saturated rings. The first-order valence-corrected chi connectivity index (χ1v) is 19.9. The summed E-state index contributed by atoms with van der Waals surface area (Å²) in [5.74, 6) is 0. The monoisotopic (exact) mass is 789 g/mol. The van der Waals surface area contributed by atoms with Gasteiger partial charge in [-0.05, 0) is 0 Å². The molecular weight excluding hydrogens is 776 g/mol. The average molecular weight is 782 g/mol. The maximum atomic E-state index is 2.64. The Kier molecular flexibility index (Phi) is 6.16. The first kappa shape index (κ1) is 16.1. The Hall–Kier alpha value is 2.60. The maximum absolute atomic E-state index is 2.64. The van der Waals surface area contributed by atoms with Gasteiger partial charge >= 0.3 is 172 Å². The predicted molar refractivity (Wildman–Crippen MR) is 94.5 cm³/mol. The van der Waals surface area contributed by atoms with E-state index in [2.05, 4.69) is 29.8 Å². The number of hydrogen-bond donors (Lipinski definition) is 0. The molecule has 0 saturated heterocycles. The summed E-state index contributed by atoms with van der Waals surface area (Å²) in [6.45, 7) is 0. The third kappa shape index (κ3) is 3.64. The Balaban J connectivity index is 1.45. The second-order valence-corrected chi connectivity index (χ2v) is 24.6. The Labute approximate surface area is 169 Å². The van der Waals surface area contributed by atoms with E-state index in [-0.39, 0.29) is 0 Å². The van der Waals surface area contributed by atoms with Crippen molar-refractivity contribution >= 4 is 120 Å². The van der Waals surface area contributed by atoms with E-state index in [4.69, 9.17) is 0 Å². The summed E-state index contributed by atoms with van der Waals surface area (Å²) in [7, 11) is 0. The van der Waals surface area contributed by atoms with Crippen LogP contribution in [0.2, 0.25) is 0 Å². The number of allylic oxidation sites excluding steroid dienone is 2. The molecule has 0 nitrogen and oxygen atoms in total. The molecule has 0 N–H and O–H groups in total. The van der Waals surface area contributed by atoms with Crippen LogP contribution in [0.1, 0.15) is 0 Å². The van der Waals surface area contributed by atoms with Crippen LogP contribution in [0.4, 0.5) is 0 Å². The van der Waals surface area contributed by atoms with E-state index in [1.807, 2.05) is 13.5 Å². The van der Waals surface area contributed by atoms with Gasteiger partial charge in [0.1, 0.15) is 0 Å². The van der Waals surface area contributed by atoms with Gasteiger partial charge in [-0.25, -0.2) is 0 Å². The molecule has 0 aromatic rings. The third-order valence-corrected chi connectivity index (χ3v) is 32.6. The van der Waals surface area contributed by atoms with Crippen molar-refractivity contribution in [3.05, 3.63) is 52.3 Å². The van der Waals surface area contributed by atoms with Crippen molar-refractivity contribution in [2.45, 2.75) is 0 Å². The number of hydrogen-bond acceptors (Lipinski definition) is 0. The van der Waals surface area contributed by atoms with Gasteiger partial charge in [-0.15, -0.1) is 0 Å². The minimum atomic E-state index is 0.707. The topological polar surface area (TPSA) is 0 Å². The van der Waals surface area contributed by atoms with Crippen LogP contribution in [-0.4, -0.2) is 120 Å². The molecule has 0 unspecified atom stereocenters. The molecule has 0 aromatic heterocycles. The van der Waals surface area contributed by atoms with Gasteiger partial charge < -0.3 is 0 Å². The van der Waals surface area contributed by atoms with Gasteiger partial charge in [0.25, 0.3) is 0 Å². The second kappa shape index (κ2) is 7.65. The summed E-state index contributed by atoms with van der Waals surface area (Å²) in [5, 5.41) is 0. The van der Waals surface area contributed by atoms with Crippen molar-refractivity contribution in [3.63, 3.8) is 0 Å². The molecule has 0 amide bonds. The fourth-order valence-corrected chi connectivity index (χ4v) is 30.1. The Morgan fingerprint density at radius 2 is 0.850 bits per heavy atom. The molecule has 102 valence electrons. The van der Waals surface area contributed by atoms with Crippen molar-refractivity contribution in [3.8, 4) is 0 Å². The van der Waals surface area contributed by atoms with Crippen LogP contribution in [0, 0.1) is 0 Å². The molecule has 0 atom stereocenters. The quantitative estimate of drug-likeness (QED) is 0.317. The van der Waals surface area contributed by atoms with E-state index >= 15 is 0 Å². The van der Waals surface area contributed by atoms with Crippen molar-refractivity contribution in [1.29, 1.82) is 0 Å². The Morgan fingerprint density at radius 1 is 0.450 bits per heavy atom. The van der Waals surface area contributed by atoms with E-state index in [9.17, 15) is 0 Å². The summed E-state index contributed by atoms with van der Waals surface area (Å²) in [6, 6.07) is 0. The van der Waals surface area contributed by atoms with Crippen LogP contribution in [0.3, 0.4) is 0 Å². The molecule has 0 spiro atoms. The molecule has 8 heteroatoms. The SMILES string of the molecule is C1=C[Se]C(=C2[Se]C=C(C3=C[Se]C(=C4[Se]C=C[Se]4)[Se]3)[Se]2)[Se]1. The van der Waals surface area contributed by atoms with Gasteiger partial charge in [0, 0.05) is 0 Å². The third-order valence-electron chi connectivity index (χ3n) is 2.34. The van der Waals surface area contributed by atoms with Gasteiger partial charge in [-0.3, -0.25) is 0 Å².